The molecule has 6 nitrogen and oxygen atoms in total. The van der Waals surface area contributed by atoms with E-state index in [0.717, 1.165) is 5.75 Å². The summed E-state index contributed by atoms with van der Waals surface area (Å²) in [6.07, 6.45) is 1.61. The largest absolute Gasteiger partial charge is 0.497 e. The van der Waals surface area contributed by atoms with Gasteiger partial charge in [-0.2, -0.15) is 0 Å². The van der Waals surface area contributed by atoms with Crippen LogP contribution in [0.25, 0.3) is 0 Å². The predicted molar refractivity (Wildman–Crippen MR) is 94.9 cm³/mol. The Morgan fingerprint density at radius 3 is 2.36 bits per heavy atom. The lowest BCUT2D eigenvalue weighted by molar-refractivity contribution is 0.234. The molecular weight excluding hydrogens is 318 g/mol. The van der Waals surface area contributed by atoms with E-state index in [4.69, 9.17) is 9.47 Å². The number of methoxy groups -OCH3 is 1. The Hall–Kier alpha value is -3.38. The monoisotopic (exact) mass is 335 g/mol. The van der Waals surface area contributed by atoms with Crippen molar-refractivity contribution in [2.45, 2.75) is 0 Å². The summed E-state index contributed by atoms with van der Waals surface area (Å²) in [5.41, 5.74) is 3.35. The van der Waals surface area contributed by atoms with E-state index in [1.165, 1.54) is 0 Å². The molecule has 0 saturated carbocycles. The zero-order chi connectivity index (χ0) is 17.5. The molecule has 0 fully saturated rings. The second-order valence-electron chi connectivity index (χ2n) is 5.04. The van der Waals surface area contributed by atoms with Gasteiger partial charge in [0.1, 0.15) is 11.5 Å². The Labute approximate surface area is 145 Å². The highest BCUT2D eigenvalue weighted by atomic mass is 16.5. The molecule has 0 aliphatic carbocycles. The fourth-order valence-corrected chi connectivity index (χ4v) is 2.18. The van der Waals surface area contributed by atoms with Crippen molar-refractivity contribution in [1.82, 2.24) is 10.5 Å². The molecular formula is C19H17N3O3. The number of aliphatic imine (C=N–C) groups is 1. The fraction of sp³-hybridized carbons (Fsp3) is 0.0526. The van der Waals surface area contributed by atoms with Crippen LogP contribution in [0.3, 0.4) is 0 Å². The smallest absolute Gasteiger partial charge is 0.230 e. The molecule has 0 spiro atoms. The number of para-hydroxylation sites is 1. The molecule has 6 heteroatoms. The third kappa shape index (κ3) is 4.13. The molecule has 3 rings (SSSR count). The molecule has 2 aromatic carbocycles. The van der Waals surface area contributed by atoms with Crippen LogP contribution in [0.5, 0.6) is 17.4 Å². The first kappa shape index (κ1) is 16.5. The van der Waals surface area contributed by atoms with Gasteiger partial charge in [0, 0.05) is 6.20 Å². The van der Waals surface area contributed by atoms with Crippen LogP contribution in [-0.4, -0.2) is 23.1 Å². The first-order chi connectivity index (χ1) is 12.3. The van der Waals surface area contributed by atoms with Gasteiger partial charge in [-0.1, -0.05) is 18.2 Å². The van der Waals surface area contributed by atoms with Crippen molar-refractivity contribution in [3.05, 3.63) is 78.5 Å². The molecule has 0 radical (unpaired) electrons. The van der Waals surface area contributed by atoms with Crippen LogP contribution < -0.4 is 15.0 Å². The highest BCUT2D eigenvalue weighted by Gasteiger charge is 2.12. The normalized spacial score (nSPS) is 11.0. The van der Waals surface area contributed by atoms with Gasteiger partial charge < -0.3 is 9.47 Å². The Morgan fingerprint density at radius 2 is 1.68 bits per heavy atom. The minimum Gasteiger partial charge on any atom is -0.497 e. The van der Waals surface area contributed by atoms with E-state index < -0.39 is 0 Å². The minimum absolute atomic E-state index is 0.239. The highest BCUT2D eigenvalue weighted by Crippen LogP contribution is 2.25. The molecule has 126 valence electrons. The Kier molecular flexibility index (Phi) is 5.23. The quantitative estimate of drug-likeness (QED) is 0.420. The molecule has 0 unspecified atom stereocenters. The van der Waals surface area contributed by atoms with Crippen LogP contribution in [0.4, 0.5) is 5.69 Å². The second-order valence-corrected chi connectivity index (χ2v) is 5.04. The number of amidine groups is 1. The van der Waals surface area contributed by atoms with Crippen molar-refractivity contribution in [2.24, 2.45) is 4.99 Å². The van der Waals surface area contributed by atoms with Gasteiger partial charge >= 0.3 is 0 Å². The Balaban J connectivity index is 1.92. The Morgan fingerprint density at radius 1 is 0.960 bits per heavy atom. The lowest BCUT2D eigenvalue weighted by atomic mass is 10.2. The molecule has 1 heterocycles. The summed E-state index contributed by atoms with van der Waals surface area (Å²) in [7, 11) is 1.60. The second kappa shape index (κ2) is 7.94. The third-order valence-corrected chi connectivity index (χ3v) is 3.40. The zero-order valence-electron chi connectivity index (χ0n) is 13.6. The molecule has 3 aromatic rings. The zero-order valence-corrected chi connectivity index (χ0v) is 13.6. The maximum atomic E-state index is 9.52. The van der Waals surface area contributed by atoms with Crippen molar-refractivity contribution in [1.29, 1.82) is 0 Å². The minimum atomic E-state index is 0.239. The van der Waals surface area contributed by atoms with Crippen molar-refractivity contribution >= 4 is 11.5 Å². The van der Waals surface area contributed by atoms with E-state index >= 15 is 0 Å². The van der Waals surface area contributed by atoms with Crippen LogP contribution in [0.2, 0.25) is 0 Å². The summed E-state index contributed by atoms with van der Waals surface area (Å²) >= 11 is 0. The first-order valence-corrected chi connectivity index (χ1v) is 7.61. The molecule has 0 amide bonds. The molecule has 0 saturated heterocycles. The number of benzene rings is 2. The van der Waals surface area contributed by atoms with Gasteiger partial charge in [-0.15, -0.1) is 0 Å². The van der Waals surface area contributed by atoms with Crippen molar-refractivity contribution < 1.29 is 14.7 Å². The molecule has 0 atom stereocenters. The average Bonchev–Trinajstić information content (AvgIpc) is 2.68. The van der Waals surface area contributed by atoms with E-state index in [2.05, 4.69) is 15.5 Å². The van der Waals surface area contributed by atoms with Gasteiger partial charge in [0.05, 0.1) is 18.4 Å². The maximum absolute atomic E-state index is 9.52. The number of rotatable bonds is 5. The topological polar surface area (TPSA) is 76.0 Å². The summed E-state index contributed by atoms with van der Waals surface area (Å²) in [5, 5.41) is 9.52. The van der Waals surface area contributed by atoms with Gasteiger partial charge in [0.25, 0.3) is 0 Å². The summed E-state index contributed by atoms with van der Waals surface area (Å²) in [6.45, 7) is 0. The number of nitrogens with zero attached hydrogens (tertiary/aromatic N) is 2. The molecule has 1 aromatic heterocycles. The number of nitrogens with one attached hydrogen (secondary N) is 1. The van der Waals surface area contributed by atoms with Gasteiger partial charge in [-0.25, -0.2) is 9.98 Å². The number of aromatic nitrogens is 1. The van der Waals surface area contributed by atoms with E-state index in [-0.39, 0.29) is 5.84 Å². The van der Waals surface area contributed by atoms with Gasteiger partial charge in [-0.3, -0.25) is 10.7 Å². The van der Waals surface area contributed by atoms with E-state index in [1.807, 2.05) is 30.3 Å². The van der Waals surface area contributed by atoms with Crippen LogP contribution in [0, 0.1) is 0 Å². The van der Waals surface area contributed by atoms with E-state index in [1.54, 1.807) is 49.7 Å². The fourth-order valence-electron chi connectivity index (χ4n) is 2.18. The number of hydrogen-bond acceptors (Lipinski definition) is 5. The summed E-state index contributed by atoms with van der Waals surface area (Å²) in [6, 6.07) is 19.9. The van der Waals surface area contributed by atoms with Crippen LogP contribution >= 0.6 is 0 Å². The number of pyridine rings is 1. The van der Waals surface area contributed by atoms with E-state index in [0.29, 0.717) is 22.9 Å². The Bertz CT molecular complexity index is 849. The van der Waals surface area contributed by atoms with Crippen molar-refractivity contribution in [2.75, 3.05) is 7.11 Å². The average molecular weight is 335 g/mol. The van der Waals surface area contributed by atoms with Crippen LogP contribution in [0.1, 0.15) is 5.56 Å². The summed E-state index contributed by atoms with van der Waals surface area (Å²) in [5.74, 6) is 1.89. The van der Waals surface area contributed by atoms with Gasteiger partial charge in [0.2, 0.25) is 5.88 Å². The van der Waals surface area contributed by atoms with Crippen molar-refractivity contribution in [3.8, 4) is 17.4 Å². The highest BCUT2D eigenvalue weighted by molar-refractivity contribution is 6.01. The molecule has 0 aliphatic heterocycles. The molecule has 0 bridgehead atoms. The number of hydrogen-bond donors (Lipinski definition) is 2. The number of hydroxylamine groups is 1. The lowest BCUT2D eigenvalue weighted by Gasteiger charge is -2.11. The van der Waals surface area contributed by atoms with Crippen LogP contribution in [-0.2, 0) is 0 Å². The third-order valence-electron chi connectivity index (χ3n) is 3.40. The lowest BCUT2D eigenvalue weighted by Crippen LogP contribution is -2.21. The van der Waals surface area contributed by atoms with E-state index in [9.17, 15) is 5.21 Å². The molecule has 0 aliphatic rings. The molecule has 25 heavy (non-hydrogen) atoms. The number of ether oxygens (including phenoxy) is 2. The molecule has 2 N–H and O–H groups in total. The first-order valence-electron chi connectivity index (χ1n) is 7.61. The predicted octanol–water partition coefficient (Wildman–Crippen LogP) is 3.94. The van der Waals surface area contributed by atoms with Crippen LogP contribution in [0.15, 0.2) is 77.9 Å². The van der Waals surface area contributed by atoms with Crippen molar-refractivity contribution in [3.63, 3.8) is 0 Å². The maximum Gasteiger partial charge on any atom is 0.230 e. The van der Waals surface area contributed by atoms with Gasteiger partial charge in [-0.05, 0) is 48.5 Å². The van der Waals surface area contributed by atoms with Gasteiger partial charge in [0.15, 0.2) is 5.84 Å². The standard InChI is InChI=1S/C19H17N3O3/c1-24-15-9-11-16(12-10-15)25-19-17(8-5-13-20-19)18(22-23)21-14-6-3-2-4-7-14/h2-13,23H,1H3,(H,21,22). The summed E-state index contributed by atoms with van der Waals surface area (Å²) < 4.78 is 11.0. The SMILES string of the molecule is COc1ccc(Oc2ncccc2C(=Nc2ccccc2)NO)cc1. The summed E-state index contributed by atoms with van der Waals surface area (Å²) in [4.78, 5) is 8.63.